The third-order valence-corrected chi connectivity index (χ3v) is 6.32. The first kappa shape index (κ1) is 26.7. The molecule has 2 atom stereocenters. The fourth-order valence-electron chi connectivity index (χ4n) is 3.61. The zero-order valence-electron chi connectivity index (χ0n) is 18.7. The molecule has 0 heterocycles. The lowest BCUT2D eigenvalue weighted by atomic mass is 9.99. The van der Waals surface area contributed by atoms with Gasteiger partial charge in [0, 0.05) is 28.6 Å². The standard InChI is InChI=1S/C25H24Br2N2O6/c1-34-21(11-4-5-12-22(30)29-33)24(18-13-16(26)14-19(27)23(18)31)35-25(32)28-20-10-6-8-15-7-2-3-9-17(15)20/h2-3,5-10,12-14,21,24,31,33H,4,11H2,1H3,(H,28,32)(H,29,30)/b12-5+/t21-,24-/m0/s1. The van der Waals surface area contributed by atoms with E-state index in [0.29, 0.717) is 33.0 Å². The van der Waals surface area contributed by atoms with Crippen molar-refractivity contribution < 1.29 is 29.4 Å². The van der Waals surface area contributed by atoms with E-state index in [1.807, 2.05) is 36.4 Å². The Kier molecular flexibility index (Phi) is 9.67. The van der Waals surface area contributed by atoms with Crippen LogP contribution >= 0.6 is 31.9 Å². The predicted octanol–water partition coefficient (Wildman–Crippen LogP) is 6.22. The molecule has 3 aromatic rings. The topological polar surface area (TPSA) is 117 Å². The molecule has 0 fully saturated rings. The molecule has 0 radical (unpaired) electrons. The van der Waals surface area contributed by atoms with Crippen molar-refractivity contribution in [3.05, 3.63) is 81.3 Å². The van der Waals surface area contributed by atoms with Crippen LogP contribution in [0.3, 0.4) is 0 Å². The third kappa shape index (κ3) is 7.04. The molecule has 8 nitrogen and oxygen atoms in total. The number of nitrogens with one attached hydrogen (secondary N) is 2. The summed E-state index contributed by atoms with van der Waals surface area (Å²) in [5.41, 5.74) is 2.44. The monoisotopic (exact) mass is 606 g/mol. The number of amides is 2. The number of rotatable bonds is 9. The number of ether oxygens (including phenoxy) is 2. The number of hydrogen-bond donors (Lipinski definition) is 4. The molecule has 0 aromatic heterocycles. The zero-order valence-corrected chi connectivity index (χ0v) is 21.9. The number of benzene rings is 3. The van der Waals surface area contributed by atoms with Crippen LogP contribution in [0.2, 0.25) is 0 Å². The number of phenols is 1. The van der Waals surface area contributed by atoms with Crippen LogP contribution in [0.25, 0.3) is 10.8 Å². The summed E-state index contributed by atoms with van der Waals surface area (Å²) in [6.07, 6.45) is 1.10. The van der Waals surface area contributed by atoms with Gasteiger partial charge >= 0.3 is 6.09 Å². The van der Waals surface area contributed by atoms with E-state index in [1.54, 1.807) is 24.3 Å². The number of phenolic OH excluding ortho intramolecular Hbond substituents is 1. The minimum Gasteiger partial charge on any atom is -0.506 e. The highest BCUT2D eigenvalue weighted by atomic mass is 79.9. The molecule has 0 saturated carbocycles. The Balaban J connectivity index is 1.88. The second-order valence-corrected chi connectivity index (χ2v) is 9.30. The lowest BCUT2D eigenvalue weighted by Gasteiger charge is -2.27. The maximum atomic E-state index is 13.0. The fraction of sp³-hybridized carbons (Fsp3) is 0.200. The van der Waals surface area contributed by atoms with Crippen LogP contribution in [-0.2, 0) is 14.3 Å². The molecule has 0 bridgehead atoms. The molecule has 0 saturated heterocycles. The van der Waals surface area contributed by atoms with Gasteiger partial charge in [-0.1, -0.05) is 58.4 Å². The highest BCUT2D eigenvalue weighted by molar-refractivity contribution is 9.11. The number of hydroxylamine groups is 1. The van der Waals surface area contributed by atoms with Crippen molar-refractivity contribution >= 4 is 60.3 Å². The van der Waals surface area contributed by atoms with Gasteiger partial charge in [0.05, 0.1) is 16.3 Å². The van der Waals surface area contributed by atoms with E-state index >= 15 is 0 Å². The first-order valence-electron chi connectivity index (χ1n) is 10.6. The van der Waals surface area contributed by atoms with Crippen LogP contribution in [0.5, 0.6) is 5.75 Å². The number of halogens is 2. The average Bonchev–Trinajstić information content (AvgIpc) is 2.85. The first-order valence-corrected chi connectivity index (χ1v) is 12.2. The Morgan fingerprint density at radius 3 is 2.60 bits per heavy atom. The van der Waals surface area contributed by atoms with Crippen LogP contribution in [0.15, 0.2) is 75.7 Å². The number of allylic oxidation sites excluding steroid dienone is 1. The van der Waals surface area contributed by atoms with Crippen molar-refractivity contribution in [2.24, 2.45) is 0 Å². The summed E-state index contributed by atoms with van der Waals surface area (Å²) in [5, 5.41) is 23.9. The van der Waals surface area contributed by atoms with E-state index < -0.39 is 24.2 Å². The Morgan fingerprint density at radius 2 is 1.86 bits per heavy atom. The lowest BCUT2D eigenvalue weighted by Crippen LogP contribution is -2.28. The van der Waals surface area contributed by atoms with Gasteiger partial charge in [0.1, 0.15) is 5.75 Å². The predicted molar refractivity (Wildman–Crippen MR) is 139 cm³/mol. The normalized spacial score (nSPS) is 12.9. The van der Waals surface area contributed by atoms with Crippen LogP contribution in [0, 0.1) is 0 Å². The van der Waals surface area contributed by atoms with Crippen molar-refractivity contribution in [2.45, 2.75) is 25.0 Å². The molecule has 0 aliphatic carbocycles. The van der Waals surface area contributed by atoms with E-state index in [2.05, 4.69) is 37.2 Å². The third-order valence-electron chi connectivity index (χ3n) is 5.26. The molecule has 3 rings (SSSR count). The number of fused-ring (bicyclic) bond motifs is 1. The molecular formula is C25H24Br2N2O6. The van der Waals surface area contributed by atoms with Crippen LogP contribution in [0.1, 0.15) is 24.5 Å². The number of anilines is 1. The van der Waals surface area contributed by atoms with Crippen molar-refractivity contribution in [3.63, 3.8) is 0 Å². The Bertz CT molecular complexity index is 1230. The van der Waals surface area contributed by atoms with Crippen LogP contribution in [0.4, 0.5) is 10.5 Å². The summed E-state index contributed by atoms with van der Waals surface area (Å²) >= 11 is 6.72. The highest BCUT2D eigenvalue weighted by Gasteiger charge is 2.30. The SMILES string of the molecule is CO[C@@H](CC/C=C/C(=O)NO)[C@@H](OC(=O)Nc1cccc2ccccc12)c1cc(Br)cc(Br)c1O. The van der Waals surface area contributed by atoms with Crippen molar-refractivity contribution in [1.29, 1.82) is 0 Å². The summed E-state index contributed by atoms with van der Waals surface area (Å²) < 4.78 is 12.5. The molecule has 35 heavy (non-hydrogen) atoms. The number of hydrogen-bond acceptors (Lipinski definition) is 6. The van der Waals surface area contributed by atoms with Gasteiger partial charge in [-0.25, -0.2) is 10.3 Å². The summed E-state index contributed by atoms with van der Waals surface area (Å²) in [7, 11) is 1.47. The van der Waals surface area contributed by atoms with Gasteiger partial charge in [-0.2, -0.15) is 0 Å². The van der Waals surface area contributed by atoms with Gasteiger partial charge < -0.3 is 14.6 Å². The minimum absolute atomic E-state index is 0.0894. The molecule has 3 aromatic carbocycles. The number of aromatic hydroxyl groups is 1. The highest BCUT2D eigenvalue weighted by Crippen LogP contribution is 2.39. The van der Waals surface area contributed by atoms with Crippen LogP contribution in [-0.4, -0.2) is 35.5 Å². The van der Waals surface area contributed by atoms with Crippen molar-refractivity contribution in [1.82, 2.24) is 5.48 Å². The molecule has 184 valence electrons. The van der Waals surface area contributed by atoms with E-state index in [9.17, 15) is 14.7 Å². The van der Waals surface area contributed by atoms with E-state index in [1.165, 1.54) is 18.7 Å². The van der Waals surface area contributed by atoms with E-state index in [0.717, 1.165) is 10.8 Å². The van der Waals surface area contributed by atoms with Gasteiger partial charge in [-0.3, -0.25) is 15.3 Å². The molecular weight excluding hydrogens is 584 g/mol. The van der Waals surface area contributed by atoms with Crippen molar-refractivity contribution in [3.8, 4) is 5.75 Å². The Labute approximate surface area is 219 Å². The smallest absolute Gasteiger partial charge is 0.412 e. The number of carbonyl (C=O) groups excluding carboxylic acids is 2. The van der Waals surface area contributed by atoms with Crippen LogP contribution < -0.4 is 10.8 Å². The van der Waals surface area contributed by atoms with E-state index in [4.69, 9.17) is 14.7 Å². The van der Waals surface area contributed by atoms with Crippen molar-refractivity contribution in [2.75, 3.05) is 12.4 Å². The lowest BCUT2D eigenvalue weighted by molar-refractivity contribution is -0.124. The molecule has 10 heteroatoms. The maximum absolute atomic E-state index is 13.0. The Hall–Kier alpha value is -2.92. The second-order valence-electron chi connectivity index (χ2n) is 7.53. The molecule has 2 amide bonds. The first-order chi connectivity index (χ1) is 16.8. The van der Waals surface area contributed by atoms with Gasteiger partial charge in [0.15, 0.2) is 6.10 Å². The largest absolute Gasteiger partial charge is 0.506 e. The fourth-order valence-corrected chi connectivity index (χ4v) is 4.87. The number of methoxy groups -OCH3 is 1. The second kappa shape index (κ2) is 12.7. The zero-order chi connectivity index (χ0) is 25.4. The molecule has 0 aliphatic heterocycles. The van der Waals surface area contributed by atoms with Gasteiger partial charge in [-0.15, -0.1) is 0 Å². The summed E-state index contributed by atoms with van der Waals surface area (Å²) in [4.78, 5) is 24.2. The molecule has 4 N–H and O–H groups in total. The minimum atomic E-state index is -0.983. The average molecular weight is 608 g/mol. The quantitative estimate of drug-likeness (QED) is 0.130. The molecule has 0 spiro atoms. The van der Waals surface area contributed by atoms with E-state index in [-0.39, 0.29) is 5.75 Å². The summed E-state index contributed by atoms with van der Waals surface area (Å²) in [6, 6.07) is 16.5. The molecule has 0 unspecified atom stereocenters. The summed E-state index contributed by atoms with van der Waals surface area (Å²) in [5.74, 6) is -0.747. The number of carbonyl (C=O) groups is 2. The Morgan fingerprint density at radius 1 is 1.11 bits per heavy atom. The van der Waals surface area contributed by atoms with Gasteiger partial charge in [0.25, 0.3) is 5.91 Å². The molecule has 0 aliphatic rings. The van der Waals surface area contributed by atoms with Gasteiger partial charge in [-0.05, 0) is 52.4 Å². The van der Waals surface area contributed by atoms with Gasteiger partial charge in [0.2, 0.25) is 0 Å². The summed E-state index contributed by atoms with van der Waals surface area (Å²) in [6.45, 7) is 0. The maximum Gasteiger partial charge on any atom is 0.412 e.